The highest BCUT2D eigenvalue weighted by molar-refractivity contribution is 14.1. The van der Waals surface area contributed by atoms with Crippen LogP contribution in [0.3, 0.4) is 0 Å². The van der Waals surface area contributed by atoms with Crippen molar-refractivity contribution >= 4 is 52.2 Å². The van der Waals surface area contributed by atoms with Gasteiger partial charge in [0.15, 0.2) is 11.5 Å². The molecule has 0 aliphatic heterocycles. The third-order valence-electron chi connectivity index (χ3n) is 3.55. The Labute approximate surface area is 187 Å². The lowest BCUT2D eigenvalue weighted by Gasteiger charge is -2.13. The molecule has 0 saturated carbocycles. The van der Waals surface area contributed by atoms with Crippen LogP contribution in [0.15, 0.2) is 41.5 Å². The number of rotatable bonds is 7. The van der Waals surface area contributed by atoms with E-state index in [-0.39, 0.29) is 6.04 Å². The van der Waals surface area contributed by atoms with Crippen molar-refractivity contribution in [3.8, 4) is 11.5 Å². The van der Waals surface area contributed by atoms with Crippen LogP contribution in [0, 0.1) is 3.57 Å². The smallest absolute Gasteiger partial charge is 0.329 e. The summed E-state index contributed by atoms with van der Waals surface area (Å²) in [6.07, 6.45) is 1.42. The normalized spacial score (nSPS) is 10.8. The lowest BCUT2D eigenvalue weighted by atomic mass is 10.2. The minimum Gasteiger partial charge on any atom is -0.493 e. The molecule has 0 saturated heterocycles. The van der Waals surface area contributed by atoms with Crippen LogP contribution in [0.25, 0.3) is 0 Å². The largest absolute Gasteiger partial charge is 0.493 e. The number of hydrogen-bond acceptors (Lipinski definition) is 5. The molecule has 29 heavy (non-hydrogen) atoms. The van der Waals surface area contributed by atoms with Gasteiger partial charge in [0, 0.05) is 11.1 Å². The molecular formula is C20H21ClIN3O4. The van der Waals surface area contributed by atoms with Crippen LogP contribution in [0.2, 0.25) is 5.02 Å². The maximum absolute atomic E-state index is 11.7. The number of nitrogens with one attached hydrogen (secondary N) is 2. The van der Waals surface area contributed by atoms with Crippen molar-refractivity contribution in [1.29, 1.82) is 0 Å². The zero-order valence-corrected chi connectivity index (χ0v) is 19.1. The van der Waals surface area contributed by atoms with Gasteiger partial charge >= 0.3 is 11.8 Å². The standard InChI is InChI=1S/C20H21ClIN3O4/c1-12(2)24-19(26)20(27)25-23-10-14-8-16(22)18(17(9-14)28-3)29-11-13-4-6-15(21)7-5-13/h4-10,12H,11H2,1-3H3,(H,24,26)(H,25,27)/b23-10-. The fourth-order valence-electron chi connectivity index (χ4n) is 2.23. The molecule has 2 amide bonds. The molecule has 0 heterocycles. The van der Waals surface area contributed by atoms with Gasteiger partial charge in [0.05, 0.1) is 16.9 Å². The molecule has 7 nitrogen and oxygen atoms in total. The van der Waals surface area contributed by atoms with E-state index >= 15 is 0 Å². The first-order valence-electron chi connectivity index (χ1n) is 8.68. The molecule has 0 aliphatic rings. The molecule has 0 spiro atoms. The highest BCUT2D eigenvalue weighted by atomic mass is 127. The van der Waals surface area contributed by atoms with E-state index in [1.165, 1.54) is 6.21 Å². The van der Waals surface area contributed by atoms with Gasteiger partial charge in [-0.15, -0.1) is 0 Å². The fraction of sp³-hybridized carbons (Fsp3) is 0.250. The van der Waals surface area contributed by atoms with Gasteiger partial charge in [-0.3, -0.25) is 9.59 Å². The molecule has 2 N–H and O–H groups in total. The van der Waals surface area contributed by atoms with E-state index in [9.17, 15) is 9.59 Å². The summed E-state index contributed by atoms with van der Waals surface area (Å²) < 4.78 is 12.1. The van der Waals surface area contributed by atoms with Gasteiger partial charge in [-0.1, -0.05) is 23.7 Å². The summed E-state index contributed by atoms with van der Waals surface area (Å²) in [4.78, 5) is 23.2. The van der Waals surface area contributed by atoms with Gasteiger partial charge in [0.2, 0.25) is 0 Å². The van der Waals surface area contributed by atoms with E-state index in [0.717, 1.165) is 9.13 Å². The number of carbonyl (C=O) groups is 2. The summed E-state index contributed by atoms with van der Waals surface area (Å²) in [5.74, 6) is -0.452. The molecule has 0 unspecified atom stereocenters. The van der Waals surface area contributed by atoms with Crippen LogP contribution in [0.5, 0.6) is 11.5 Å². The molecule has 0 fully saturated rings. The van der Waals surface area contributed by atoms with E-state index in [0.29, 0.717) is 28.7 Å². The predicted octanol–water partition coefficient (Wildman–Crippen LogP) is 3.51. The zero-order chi connectivity index (χ0) is 21.4. The molecule has 154 valence electrons. The van der Waals surface area contributed by atoms with Crippen LogP contribution < -0.4 is 20.2 Å². The lowest BCUT2D eigenvalue weighted by Crippen LogP contribution is -2.41. The molecule has 0 radical (unpaired) electrons. The second-order valence-corrected chi connectivity index (χ2v) is 7.88. The first-order chi connectivity index (χ1) is 13.8. The minimum absolute atomic E-state index is 0.136. The third kappa shape index (κ3) is 7.21. The molecule has 0 bridgehead atoms. The number of carbonyl (C=O) groups excluding carboxylic acids is 2. The van der Waals surface area contributed by atoms with Gasteiger partial charge < -0.3 is 14.8 Å². The molecule has 0 atom stereocenters. The predicted molar refractivity (Wildman–Crippen MR) is 121 cm³/mol. The average molecular weight is 530 g/mol. The van der Waals surface area contributed by atoms with Gasteiger partial charge in [-0.2, -0.15) is 5.10 Å². The summed E-state index contributed by atoms with van der Waals surface area (Å²) >= 11 is 8.03. The SMILES string of the molecule is COc1cc(/C=N\NC(=O)C(=O)NC(C)C)cc(I)c1OCc1ccc(Cl)cc1. The first kappa shape index (κ1) is 23.0. The molecule has 2 rings (SSSR count). The molecule has 0 aliphatic carbocycles. The first-order valence-corrected chi connectivity index (χ1v) is 10.1. The number of methoxy groups -OCH3 is 1. The second-order valence-electron chi connectivity index (χ2n) is 6.28. The van der Waals surface area contributed by atoms with Crippen molar-refractivity contribution in [3.05, 3.63) is 56.1 Å². The van der Waals surface area contributed by atoms with Crippen molar-refractivity contribution in [2.45, 2.75) is 26.5 Å². The highest BCUT2D eigenvalue weighted by Gasteiger charge is 2.14. The number of nitrogens with zero attached hydrogens (tertiary/aromatic N) is 1. The summed E-state index contributed by atoms with van der Waals surface area (Å²) in [6.45, 7) is 3.89. The molecule has 2 aromatic rings. The number of hydrazone groups is 1. The summed E-state index contributed by atoms with van der Waals surface area (Å²) in [7, 11) is 1.54. The number of amides is 2. The van der Waals surface area contributed by atoms with E-state index in [1.54, 1.807) is 39.2 Å². The number of ether oxygens (including phenoxy) is 2. The Morgan fingerprint density at radius 1 is 1.21 bits per heavy atom. The average Bonchev–Trinajstić information content (AvgIpc) is 2.67. The quantitative estimate of drug-likeness (QED) is 0.249. The van der Waals surface area contributed by atoms with E-state index in [2.05, 4.69) is 38.4 Å². The fourth-order valence-corrected chi connectivity index (χ4v) is 3.14. The van der Waals surface area contributed by atoms with Gasteiger partial charge in [0.1, 0.15) is 6.61 Å². The Kier molecular flexibility index (Phi) is 8.71. The monoisotopic (exact) mass is 529 g/mol. The van der Waals surface area contributed by atoms with Crippen LogP contribution in [0.4, 0.5) is 0 Å². The Morgan fingerprint density at radius 3 is 2.52 bits per heavy atom. The number of hydrogen-bond donors (Lipinski definition) is 2. The summed E-state index contributed by atoms with van der Waals surface area (Å²) in [5.41, 5.74) is 3.84. The molecular weight excluding hydrogens is 509 g/mol. The highest BCUT2D eigenvalue weighted by Crippen LogP contribution is 2.34. The topological polar surface area (TPSA) is 89.0 Å². The summed E-state index contributed by atoms with van der Waals surface area (Å²) in [5, 5.41) is 6.97. The Morgan fingerprint density at radius 2 is 1.90 bits per heavy atom. The van der Waals surface area contributed by atoms with Crippen molar-refractivity contribution in [2.75, 3.05) is 7.11 Å². The van der Waals surface area contributed by atoms with Gasteiger partial charge in [-0.25, -0.2) is 5.43 Å². The number of benzene rings is 2. The maximum Gasteiger partial charge on any atom is 0.329 e. The lowest BCUT2D eigenvalue weighted by molar-refractivity contribution is -0.139. The van der Waals surface area contributed by atoms with Crippen molar-refractivity contribution in [3.63, 3.8) is 0 Å². The Bertz CT molecular complexity index is 901. The van der Waals surface area contributed by atoms with E-state index in [4.69, 9.17) is 21.1 Å². The second kappa shape index (κ2) is 11.0. The van der Waals surface area contributed by atoms with Crippen LogP contribution in [-0.2, 0) is 16.2 Å². The Balaban J connectivity index is 2.05. The number of halogens is 2. The van der Waals surface area contributed by atoms with E-state index < -0.39 is 11.8 Å². The van der Waals surface area contributed by atoms with Crippen LogP contribution in [-0.4, -0.2) is 31.2 Å². The Hall–Kier alpha value is -2.33. The minimum atomic E-state index is -0.834. The van der Waals surface area contributed by atoms with Crippen molar-refractivity contribution < 1.29 is 19.1 Å². The summed E-state index contributed by atoms with van der Waals surface area (Å²) in [6, 6.07) is 10.8. The molecule has 9 heteroatoms. The van der Waals surface area contributed by atoms with Crippen LogP contribution in [0.1, 0.15) is 25.0 Å². The van der Waals surface area contributed by atoms with Crippen LogP contribution >= 0.6 is 34.2 Å². The van der Waals surface area contributed by atoms with Gasteiger partial charge in [0.25, 0.3) is 0 Å². The van der Waals surface area contributed by atoms with Crippen molar-refractivity contribution in [1.82, 2.24) is 10.7 Å². The third-order valence-corrected chi connectivity index (χ3v) is 4.61. The molecule has 2 aromatic carbocycles. The zero-order valence-electron chi connectivity index (χ0n) is 16.2. The van der Waals surface area contributed by atoms with Gasteiger partial charge in [-0.05, 0) is 71.8 Å². The maximum atomic E-state index is 11.7. The van der Waals surface area contributed by atoms with E-state index in [1.807, 2.05) is 18.2 Å². The van der Waals surface area contributed by atoms with Crippen molar-refractivity contribution in [2.24, 2.45) is 5.10 Å². The molecule has 0 aromatic heterocycles.